The van der Waals surface area contributed by atoms with E-state index in [1.54, 1.807) is 7.11 Å². The van der Waals surface area contributed by atoms with E-state index in [0.717, 1.165) is 39.1 Å². The van der Waals surface area contributed by atoms with Crippen LogP contribution in [0.4, 0.5) is 17.1 Å². The van der Waals surface area contributed by atoms with E-state index < -0.39 is 0 Å². The zero-order valence-electron chi connectivity index (χ0n) is 16.5. The van der Waals surface area contributed by atoms with Gasteiger partial charge in [-0.05, 0) is 42.0 Å². The second kappa shape index (κ2) is 9.41. The van der Waals surface area contributed by atoms with Gasteiger partial charge in [0.2, 0.25) is 5.91 Å². The topological polar surface area (TPSA) is 63.0 Å². The Labute approximate surface area is 179 Å². The molecule has 0 saturated heterocycles. The predicted octanol–water partition coefficient (Wildman–Crippen LogP) is 5.62. The number of carbonyl (C=O) groups is 1. The van der Waals surface area contributed by atoms with E-state index in [2.05, 4.69) is 5.32 Å². The molecule has 4 rings (SSSR count). The molecule has 1 heterocycles. The van der Waals surface area contributed by atoms with Crippen molar-refractivity contribution in [3.8, 4) is 5.75 Å². The fourth-order valence-electron chi connectivity index (χ4n) is 3.06. The number of methoxy groups -OCH3 is 1. The van der Waals surface area contributed by atoms with Gasteiger partial charge in [0.25, 0.3) is 0 Å². The smallest absolute Gasteiger partial charge is 0.234 e. The highest BCUT2D eigenvalue weighted by molar-refractivity contribution is 8.14. The minimum atomic E-state index is -0.0800. The van der Waals surface area contributed by atoms with Gasteiger partial charge in [-0.3, -0.25) is 9.79 Å². The summed E-state index contributed by atoms with van der Waals surface area (Å²) in [7, 11) is 1.61. The molecule has 3 aromatic rings. The summed E-state index contributed by atoms with van der Waals surface area (Å²) >= 11 is 1.44. The largest absolute Gasteiger partial charge is 0.497 e. The minimum absolute atomic E-state index is 0.0800. The Morgan fingerprint density at radius 1 is 0.933 bits per heavy atom. The number of thioether (sulfide) groups is 1. The van der Waals surface area contributed by atoms with Gasteiger partial charge in [-0.25, -0.2) is 4.99 Å². The Morgan fingerprint density at radius 3 is 2.30 bits per heavy atom. The maximum atomic E-state index is 12.4. The van der Waals surface area contributed by atoms with E-state index in [1.165, 1.54) is 11.8 Å². The summed E-state index contributed by atoms with van der Waals surface area (Å²) < 4.78 is 5.14. The van der Waals surface area contributed by atoms with Crippen molar-refractivity contribution in [3.05, 3.63) is 84.4 Å². The van der Waals surface area contributed by atoms with Gasteiger partial charge in [-0.15, -0.1) is 11.8 Å². The number of aliphatic imine (C=N–C) groups is 2. The number of anilines is 1. The van der Waals surface area contributed by atoms with Gasteiger partial charge in [0, 0.05) is 12.1 Å². The van der Waals surface area contributed by atoms with Crippen molar-refractivity contribution >= 4 is 45.5 Å². The molecule has 30 heavy (non-hydrogen) atoms. The number of hydrogen-bond acceptors (Lipinski definition) is 5. The molecule has 1 aliphatic heterocycles. The molecule has 0 aromatic heterocycles. The molecule has 0 saturated carbocycles. The molecule has 3 aromatic carbocycles. The molecule has 1 aliphatic rings. The fourth-order valence-corrected chi connectivity index (χ4v) is 3.83. The fraction of sp³-hybridized carbons (Fsp3) is 0.125. The van der Waals surface area contributed by atoms with Crippen molar-refractivity contribution in [2.45, 2.75) is 6.42 Å². The first-order valence-electron chi connectivity index (χ1n) is 9.57. The van der Waals surface area contributed by atoms with Crippen LogP contribution in [0.5, 0.6) is 5.75 Å². The van der Waals surface area contributed by atoms with Crippen LogP contribution in [0.2, 0.25) is 0 Å². The van der Waals surface area contributed by atoms with E-state index in [4.69, 9.17) is 14.7 Å². The average Bonchev–Trinajstić information content (AvgIpc) is 2.98. The number of fused-ring (bicyclic) bond motifs is 1. The molecule has 1 amide bonds. The Kier molecular flexibility index (Phi) is 6.25. The molecule has 0 aliphatic carbocycles. The standard InChI is InChI=1S/C24H21N3O2S/c1-29-19-13-11-18(12-14-19)25-23(28)16-30-24-15-22(17-7-3-2-4-8-17)26-20-9-5-6-10-21(20)27-24/h2-14H,15-16H2,1H3,(H,25,28). The van der Waals surface area contributed by atoms with Gasteiger partial charge in [0.15, 0.2) is 0 Å². The van der Waals surface area contributed by atoms with Crippen molar-refractivity contribution < 1.29 is 9.53 Å². The minimum Gasteiger partial charge on any atom is -0.497 e. The lowest BCUT2D eigenvalue weighted by molar-refractivity contribution is -0.113. The van der Waals surface area contributed by atoms with Gasteiger partial charge >= 0.3 is 0 Å². The summed E-state index contributed by atoms with van der Waals surface area (Å²) in [4.78, 5) is 22.1. The number of carbonyl (C=O) groups excluding carboxylic acids is 1. The Balaban J connectivity index is 1.48. The summed E-state index contributed by atoms with van der Waals surface area (Å²) in [5, 5.41) is 3.78. The van der Waals surface area contributed by atoms with Crippen LogP contribution in [0.1, 0.15) is 12.0 Å². The van der Waals surface area contributed by atoms with Crippen LogP contribution in [0.15, 0.2) is 88.8 Å². The number of benzene rings is 3. The lowest BCUT2D eigenvalue weighted by Gasteiger charge is -2.08. The first-order valence-corrected chi connectivity index (χ1v) is 10.6. The third-order valence-corrected chi connectivity index (χ3v) is 5.53. The normalized spacial score (nSPS) is 12.8. The number of nitrogens with one attached hydrogen (secondary N) is 1. The lowest BCUT2D eigenvalue weighted by atomic mass is 10.1. The molecule has 150 valence electrons. The first kappa shape index (κ1) is 19.9. The molecular weight excluding hydrogens is 394 g/mol. The van der Waals surface area contributed by atoms with Crippen molar-refractivity contribution in [3.63, 3.8) is 0 Å². The third kappa shape index (κ3) is 4.96. The van der Waals surface area contributed by atoms with E-state index >= 15 is 0 Å². The van der Waals surface area contributed by atoms with Crippen molar-refractivity contribution in [2.24, 2.45) is 9.98 Å². The predicted molar refractivity (Wildman–Crippen MR) is 125 cm³/mol. The summed E-state index contributed by atoms with van der Waals surface area (Å²) in [5.74, 6) is 0.944. The quantitative estimate of drug-likeness (QED) is 0.588. The lowest BCUT2D eigenvalue weighted by Crippen LogP contribution is -2.16. The maximum absolute atomic E-state index is 12.4. The van der Waals surface area contributed by atoms with Crippen molar-refractivity contribution in [2.75, 3.05) is 18.2 Å². The zero-order valence-corrected chi connectivity index (χ0v) is 17.4. The van der Waals surface area contributed by atoms with Crippen LogP contribution in [-0.4, -0.2) is 29.5 Å². The van der Waals surface area contributed by atoms with Crippen LogP contribution in [-0.2, 0) is 4.79 Å². The Morgan fingerprint density at radius 2 is 1.60 bits per heavy atom. The van der Waals surface area contributed by atoms with Crippen LogP contribution in [0, 0.1) is 0 Å². The average molecular weight is 416 g/mol. The molecule has 0 spiro atoms. The number of amides is 1. The third-order valence-electron chi connectivity index (χ3n) is 4.55. The summed E-state index contributed by atoms with van der Waals surface area (Å²) in [6, 6.07) is 25.2. The molecule has 0 unspecified atom stereocenters. The van der Waals surface area contributed by atoms with Crippen molar-refractivity contribution in [1.29, 1.82) is 0 Å². The molecule has 5 nitrogen and oxygen atoms in total. The highest BCUT2D eigenvalue weighted by Gasteiger charge is 2.16. The van der Waals surface area contributed by atoms with Gasteiger partial charge in [0.1, 0.15) is 5.75 Å². The number of ether oxygens (including phenoxy) is 1. The maximum Gasteiger partial charge on any atom is 0.234 e. The number of hydrogen-bond donors (Lipinski definition) is 1. The zero-order chi connectivity index (χ0) is 20.8. The van der Waals surface area contributed by atoms with Gasteiger partial charge in [-0.1, -0.05) is 42.5 Å². The molecular formula is C24H21N3O2S. The van der Waals surface area contributed by atoms with E-state index in [9.17, 15) is 4.79 Å². The first-order chi connectivity index (χ1) is 14.7. The monoisotopic (exact) mass is 415 g/mol. The number of rotatable bonds is 5. The number of para-hydroxylation sites is 2. The van der Waals surface area contributed by atoms with Crippen LogP contribution >= 0.6 is 11.8 Å². The molecule has 6 heteroatoms. The molecule has 0 atom stereocenters. The highest BCUT2D eigenvalue weighted by Crippen LogP contribution is 2.33. The van der Waals surface area contributed by atoms with E-state index in [0.29, 0.717) is 6.42 Å². The number of nitrogens with zero attached hydrogens (tertiary/aromatic N) is 2. The van der Waals surface area contributed by atoms with Crippen LogP contribution in [0.25, 0.3) is 0 Å². The van der Waals surface area contributed by atoms with E-state index in [1.807, 2.05) is 78.9 Å². The molecule has 0 bridgehead atoms. The van der Waals surface area contributed by atoms with Crippen molar-refractivity contribution in [1.82, 2.24) is 0 Å². The van der Waals surface area contributed by atoms with Crippen LogP contribution in [0.3, 0.4) is 0 Å². The molecule has 0 fully saturated rings. The van der Waals surface area contributed by atoms with Gasteiger partial charge < -0.3 is 10.1 Å². The van der Waals surface area contributed by atoms with Crippen LogP contribution < -0.4 is 10.1 Å². The Bertz CT molecular complexity index is 1090. The van der Waals surface area contributed by atoms with Gasteiger partial charge in [-0.2, -0.15) is 0 Å². The molecule has 0 radical (unpaired) electrons. The SMILES string of the molecule is COc1ccc(NC(=O)CSC2=Nc3ccccc3N=C(c3ccccc3)C2)cc1. The molecule has 1 N–H and O–H groups in total. The second-order valence-electron chi connectivity index (χ2n) is 6.66. The van der Waals surface area contributed by atoms with Gasteiger partial charge in [0.05, 0.1) is 35.0 Å². The Hall–Kier alpha value is -3.38. The second-order valence-corrected chi connectivity index (χ2v) is 7.71. The summed E-state index contributed by atoms with van der Waals surface area (Å²) in [6.07, 6.45) is 0.583. The highest BCUT2D eigenvalue weighted by atomic mass is 32.2. The summed E-state index contributed by atoms with van der Waals surface area (Å²) in [5.41, 5.74) is 4.41. The van der Waals surface area contributed by atoms with E-state index in [-0.39, 0.29) is 11.7 Å². The summed E-state index contributed by atoms with van der Waals surface area (Å²) in [6.45, 7) is 0.